The number of nitrogens with zero attached hydrogens (tertiary/aromatic N) is 3. The molecule has 0 spiro atoms. The Kier molecular flexibility index (Phi) is 4.86. The fourth-order valence-corrected chi connectivity index (χ4v) is 2.06. The predicted molar refractivity (Wildman–Crippen MR) is 63.9 cm³/mol. The monoisotopic (exact) mass is 225 g/mol. The Morgan fingerprint density at radius 2 is 2.19 bits per heavy atom. The van der Waals surface area contributed by atoms with Gasteiger partial charge in [0.05, 0.1) is 0 Å². The van der Waals surface area contributed by atoms with Crippen LogP contribution in [0.2, 0.25) is 0 Å². The Morgan fingerprint density at radius 3 is 2.69 bits per heavy atom. The summed E-state index contributed by atoms with van der Waals surface area (Å²) in [5.74, 6) is 1.05. The molecule has 5 nitrogen and oxygen atoms in total. The number of aromatic nitrogens is 4. The van der Waals surface area contributed by atoms with Gasteiger partial charge in [0.2, 0.25) is 0 Å². The molecule has 0 fully saturated rings. The van der Waals surface area contributed by atoms with E-state index < -0.39 is 0 Å². The van der Waals surface area contributed by atoms with Crippen molar-refractivity contribution >= 4 is 0 Å². The molecule has 0 saturated carbocycles. The molecule has 0 radical (unpaired) electrons. The highest BCUT2D eigenvalue weighted by Crippen LogP contribution is 2.33. The van der Waals surface area contributed by atoms with E-state index in [1.807, 2.05) is 0 Å². The highest BCUT2D eigenvalue weighted by Gasteiger charge is 2.25. The highest BCUT2D eigenvalue weighted by molar-refractivity contribution is 4.94. The van der Waals surface area contributed by atoms with Crippen molar-refractivity contribution in [1.29, 1.82) is 0 Å². The van der Waals surface area contributed by atoms with Crippen LogP contribution in [0.1, 0.15) is 58.2 Å². The summed E-state index contributed by atoms with van der Waals surface area (Å²) in [5.41, 5.74) is 6.08. The third kappa shape index (κ3) is 3.89. The molecule has 0 bridgehead atoms. The fourth-order valence-electron chi connectivity index (χ4n) is 2.06. The standard InChI is InChI=1S/C11H23N5/c1-4-5-6-11(2,3)7-9(8-12)10-13-15-16-14-10/h9H,4-8,12H2,1-3H3,(H,13,14,15,16). The smallest absolute Gasteiger partial charge is 0.152 e. The summed E-state index contributed by atoms with van der Waals surface area (Å²) in [5, 5.41) is 14.0. The maximum absolute atomic E-state index is 5.78. The average molecular weight is 225 g/mol. The quantitative estimate of drug-likeness (QED) is 0.742. The molecule has 0 saturated heterocycles. The van der Waals surface area contributed by atoms with Crippen LogP contribution in [0.5, 0.6) is 0 Å². The van der Waals surface area contributed by atoms with Crippen molar-refractivity contribution < 1.29 is 0 Å². The van der Waals surface area contributed by atoms with Crippen molar-refractivity contribution in [1.82, 2.24) is 20.6 Å². The van der Waals surface area contributed by atoms with E-state index in [1.165, 1.54) is 19.3 Å². The minimum absolute atomic E-state index is 0.238. The summed E-state index contributed by atoms with van der Waals surface area (Å²) < 4.78 is 0. The molecule has 92 valence electrons. The second-order valence-corrected chi connectivity index (χ2v) is 5.19. The molecular formula is C11H23N5. The number of aromatic amines is 1. The number of H-pyrrole nitrogens is 1. The first kappa shape index (κ1) is 13.1. The van der Waals surface area contributed by atoms with Gasteiger partial charge in [-0.25, -0.2) is 5.10 Å². The third-order valence-electron chi connectivity index (χ3n) is 3.04. The van der Waals surface area contributed by atoms with Gasteiger partial charge in [-0.15, -0.1) is 5.10 Å². The van der Waals surface area contributed by atoms with Crippen molar-refractivity contribution in [3.8, 4) is 0 Å². The van der Waals surface area contributed by atoms with E-state index in [0.29, 0.717) is 12.0 Å². The number of nitrogens with two attached hydrogens (primary N) is 1. The molecule has 0 aliphatic carbocycles. The second-order valence-electron chi connectivity index (χ2n) is 5.19. The molecule has 1 aromatic heterocycles. The molecular weight excluding hydrogens is 202 g/mol. The molecule has 0 aromatic carbocycles. The van der Waals surface area contributed by atoms with Crippen LogP contribution in [0.15, 0.2) is 0 Å². The zero-order valence-corrected chi connectivity index (χ0v) is 10.5. The van der Waals surface area contributed by atoms with Crippen molar-refractivity contribution in [3.05, 3.63) is 5.82 Å². The summed E-state index contributed by atoms with van der Waals surface area (Å²) in [6, 6.07) is 0. The number of unbranched alkanes of at least 4 members (excludes halogenated alkanes) is 1. The highest BCUT2D eigenvalue weighted by atomic mass is 15.5. The van der Waals surface area contributed by atoms with E-state index in [2.05, 4.69) is 41.4 Å². The van der Waals surface area contributed by atoms with E-state index in [0.717, 1.165) is 12.2 Å². The molecule has 1 atom stereocenters. The number of rotatable bonds is 7. The van der Waals surface area contributed by atoms with Gasteiger partial charge in [-0.2, -0.15) is 0 Å². The van der Waals surface area contributed by atoms with Crippen molar-refractivity contribution in [2.45, 2.75) is 52.4 Å². The summed E-state index contributed by atoms with van der Waals surface area (Å²) in [7, 11) is 0. The predicted octanol–water partition coefficient (Wildman–Crippen LogP) is 1.85. The summed E-state index contributed by atoms with van der Waals surface area (Å²) in [6.45, 7) is 7.38. The largest absolute Gasteiger partial charge is 0.330 e. The van der Waals surface area contributed by atoms with Crippen LogP contribution in [-0.2, 0) is 0 Å². The number of hydrogen-bond donors (Lipinski definition) is 2. The molecule has 1 aromatic rings. The lowest BCUT2D eigenvalue weighted by Gasteiger charge is -2.28. The van der Waals surface area contributed by atoms with Gasteiger partial charge in [-0.1, -0.05) is 33.6 Å². The average Bonchev–Trinajstić information content (AvgIpc) is 2.76. The first-order valence-electron chi connectivity index (χ1n) is 6.02. The van der Waals surface area contributed by atoms with Gasteiger partial charge in [-0.05, 0) is 28.7 Å². The van der Waals surface area contributed by atoms with Crippen molar-refractivity contribution in [3.63, 3.8) is 0 Å². The lowest BCUT2D eigenvalue weighted by molar-refractivity contribution is 0.270. The van der Waals surface area contributed by atoms with Crippen molar-refractivity contribution in [2.75, 3.05) is 6.54 Å². The minimum Gasteiger partial charge on any atom is -0.330 e. The summed E-state index contributed by atoms with van der Waals surface area (Å²) in [4.78, 5) is 0. The maximum atomic E-state index is 5.78. The Morgan fingerprint density at radius 1 is 1.44 bits per heavy atom. The molecule has 3 N–H and O–H groups in total. The van der Waals surface area contributed by atoms with Gasteiger partial charge < -0.3 is 5.73 Å². The van der Waals surface area contributed by atoms with Gasteiger partial charge >= 0.3 is 0 Å². The van der Waals surface area contributed by atoms with Crippen LogP contribution in [0.3, 0.4) is 0 Å². The lowest BCUT2D eigenvalue weighted by atomic mass is 9.78. The molecule has 1 rings (SSSR count). The Hall–Kier alpha value is -0.970. The van der Waals surface area contributed by atoms with Crippen LogP contribution in [0.4, 0.5) is 0 Å². The first-order valence-corrected chi connectivity index (χ1v) is 6.02. The summed E-state index contributed by atoms with van der Waals surface area (Å²) in [6.07, 6.45) is 4.75. The molecule has 16 heavy (non-hydrogen) atoms. The van der Waals surface area contributed by atoms with Crippen LogP contribution in [-0.4, -0.2) is 27.2 Å². The van der Waals surface area contributed by atoms with Gasteiger partial charge in [0.1, 0.15) is 0 Å². The van der Waals surface area contributed by atoms with Crippen LogP contribution in [0, 0.1) is 5.41 Å². The molecule has 0 amide bonds. The van der Waals surface area contributed by atoms with Crippen LogP contribution in [0.25, 0.3) is 0 Å². The SMILES string of the molecule is CCCCC(C)(C)CC(CN)c1nnn[nH]1. The molecule has 1 heterocycles. The summed E-state index contributed by atoms with van der Waals surface area (Å²) >= 11 is 0. The maximum Gasteiger partial charge on any atom is 0.152 e. The number of tetrazole rings is 1. The Bertz CT molecular complexity index is 281. The Labute approximate surface area is 97.2 Å². The van der Waals surface area contributed by atoms with E-state index in [4.69, 9.17) is 5.73 Å². The Balaban J connectivity index is 2.56. The van der Waals surface area contributed by atoms with E-state index in [1.54, 1.807) is 0 Å². The van der Waals surface area contributed by atoms with Gasteiger partial charge in [0, 0.05) is 12.5 Å². The fraction of sp³-hybridized carbons (Fsp3) is 0.909. The van der Waals surface area contributed by atoms with Crippen LogP contribution < -0.4 is 5.73 Å². The van der Waals surface area contributed by atoms with Crippen molar-refractivity contribution in [2.24, 2.45) is 11.1 Å². The normalized spacial score (nSPS) is 14.0. The zero-order chi connectivity index (χ0) is 12.0. The van der Waals surface area contributed by atoms with Gasteiger partial charge in [0.15, 0.2) is 5.82 Å². The second kappa shape index (κ2) is 5.94. The van der Waals surface area contributed by atoms with Gasteiger partial charge in [-0.3, -0.25) is 0 Å². The number of hydrogen-bond acceptors (Lipinski definition) is 4. The number of nitrogens with one attached hydrogen (secondary N) is 1. The molecule has 5 heteroatoms. The minimum atomic E-state index is 0.238. The van der Waals surface area contributed by atoms with Gasteiger partial charge in [0.25, 0.3) is 0 Å². The van der Waals surface area contributed by atoms with E-state index >= 15 is 0 Å². The molecule has 0 aliphatic heterocycles. The van der Waals surface area contributed by atoms with Crippen LogP contribution >= 0.6 is 0 Å². The molecule has 0 aliphatic rings. The van der Waals surface area contributed by atoms with E-state index in [-0.39, 0.29) is 5.92 Å². The topological polar surface area (TPSA) is 80.5 Å². The van der Waals surface area contributed by atoms with E-state index in [9.17, 15) is 0 Å². The molecule has 1 unspecified atom stereocenters. The third-order valence-corrected chi connectivity index (χ3v) is 3.04. The first-order chi connectivity index (χ1) is 7.59. The lowest BCUT2D eigenvalue weighted by Crippen LogP contribution is -2.22. The zero-order valence-electron chi connectivity index (χ0n) is 10.5.